The highest BCUT2D eigenvalue weighted by molar-refractivity contribution is 5.37. The van der Waals surface area contributed by atoms with Crippen LogP contribution in [0.1, 0.15) is 18.4 Å². The first-order valence-electron chi connectivity index (χ1n) is 5.90. The summed E-state index contributed by atoms with van der Waals surface area (Å²) in [5.41, 5.74) is 0.936. The molecule has 5 heteroatoms. The van der Waals surface area contributed by atoms with E-state index in [1.54, 1.807) is 6.20 Å². The number of nitrogens with zero attached hydrogens (tertiary/aromatic N) is 3. The van der Waals surface area contributed by atoms with Crippen LogP contribution in [0.2, 0.25) is 0 Å². The molecule has 0 unspecified atom stereocenters. The van der Waals surface area contributed by atoms with Crippen molar-refractivity contribution in [3.05, 3.63) is 42.0 Å². The molecule has 5 nitrogen and oxygen atoms in total. The van der Waals surface area contributed by atoms with Gasteiger partial charge in [-0.05, 0) is 26.0 Å². The lowest BCUT2D eigenvalue weighted by Gasteiger charge is -2.07. The minimum atomic E-state index is 0.613. The average Bonchev–Trinajstić information content (AvgIpc) is 2.37. The molecule has 18 heavy (non-hydrogen) atoms. The molecular formula is C13H16N4O. The number of anilines is 1. The van der Waals surface area contributed by atoms with Gasteiger partial charge in [-0.3, -0.25) is 0 Å². The number of pyridine rings is 1. The highest BCUT2D eigenvalue weighted by Gasteiger charge is 1.99. The maximum atomic E-state index is 5.34. The molecule has 0 aliphatic carbocycles. The quantitative estimate of drug-likeness (QED) is 0.873. The fourth-order valence-corrected chi connectivity index (χ4v) is 1.53. The summed E-state index contributed by atoms with van der Waals surface area (Å²) in [6, 6.07) is 7.53. The lowest BCUT2D eigenvalue weighted by atomic mass is 10.4. The number of hydrogen-bond donors (Lipinski definition) is 1. The number of hydrogen-bond acceptors (Lipinski definition) is 5. The maximum Gasteiger partial charge on any atom is 0.215 e. The molecule has 1 N–H and O–H groups in total. The van der Waals surface area contributed by atoms with Gasteiger partial charge < -0.3 is 10.1 Å². The van der Waals surface area contributed by atoms with Gasteiger partial charge in [0, 0.05) is 12.3 Å². The summed E-state index contributed by atoms with van der Waals surface area (Å²) in [5, 5.41) is 3.21. The van der Waals surface area contributed by atoms with Crippen molar-refractivity contribution in [3.8, 4) is 5.88 Å². The van der Waals surface area contributed by atoms with E-state index in [2.05, 4.69) is 20.3 Å². The van der Waals surface area contributed by atoms with E-state index in [0.717, 1.165) is 17.3 Å². The number of aromatic nitrogens is 3. The molecule has 0 aromatic carbocycles. The second-order valence-corrected chi connectivity index (χ2v) is 3.74. The van der Waals surface area contributed by atoms with Gasteiger partial charge in [0.1, 0.15) is 11.6 Å². The molecule has 94 valence electrons. The molecule has 2 aromatic rings. The van der Waals surface area contributed by atoms with Gasteiger partial charge in [-0.25, -0.2) is 9.97 Å². The van der Waals surface area contributed by atoms with E-state index in [1.807, 2.05) is 38.1 Å². The molecule has 0 saturated carbocycles. The Kier molecular flexibility index (Phi) is 4.06. The smallest absolute Gasteiger partial charge is 0.215 e. The van der Waals surface area contributed by atoms with Gasteiger partial charge >= 0.3 is 0 Å². The number of aryl methyl sites for hydroxylation is 1. The van der Waals surface area contributed by atoms with Gasteiger partial charge in [0.15, 0.2) is 0 Å². The fraction of sp³-hybridized carbons (Fsp3) is 0.308. The first-order chi connectivity index (χ1) is 8.78. The second kappa shape index (κ2) is 5.95. The van der Waals surface area contributed by atoms with Crippen molar-refractivity contribution in [1.29, 1.82) is 0 Å². The third-order valence-corrected chi connectivity index (χ3v) is 2.30. The third kappa shape index (κ3) is 3.41. The van der Waals surface area contributed by atoms with Crippen molar-refractivity contribution < 1.29 is 4.74 Å². The summed E-state index contributed by atoms with van der Waals surface area (Å²) in [4.78, 5) is 12.7. The van der Waals surface area contributed by atoms with Crippen LogP contribution in [0.3, 0.4) is 0 Å². The zero-order valence-electron chi connectivity index (χ0n) is 10.6. The van der Waals surface area contributed by atoms with Gasteiger partial charge in [-0.2, -0.15) is 4.98 Å². The Morgan fingerprint density at radius 3 is 2.89 bits per heavy atom. The van der Waals surface area contributed by atoms with E-state index in [9.17, 15) is 0 Å². The van der Waals surface area contributed by atoms with Crippen LogP contribution in [-0.2, 0) is 6.54 Å². The van der Waals surface area contributed by atoms with Crippen LogP contribution >= 0.6 is 0 Å². The topological polar surface area (TPSA) is 59.9 Å². The zero-order valence-corrected chi connectivity index (χ0v) is 10.6. The molecule has 0 aliphatic heterocycles. The molecule has 0 amide bonds. The first kappa shape index (κ1) is 12.3. The minimum absolute atomic E-state index is 0.613. The van der Waals surface area contributed by atoms with Gasteiger partial charge in [-0.15, -0.1) is 0 Å². The molecule has 0 bridgehead atoms. The minimum Gasteiger partial charge on any atom is -0.478 e. The molecule has 0 fully saturated rings. The average molecular weight is 244 g/mol. The zero-order chi connectivity index (χ0) is 12.8. The largest absolute Gasteiger partial charge is 0.478 e. The summed E-state index contributed by atoms with van der Waals surface area (Å²) in [6.07, 6.45) is 1.75. The van der Waals surface area contributed by atoms with Crippen LogP contribution < -0.4 is 10.1 Å². The van der Waals surface area contributed by atoms with Crippen LogP contribution in [-0.4, -0.2) is 21.6 Å². The van der Waals surface area contributed by atoms with Crippen molar-refractivity contribution in [3.63, 3.8) is 0 Å². The molecule has 2 aromatic heterocycles. The molecule has 0 radical (unpaired) electrons. The molecule has 2 rings (SSSR count). The summed E-state index contributed by atoms with van der Waals surface area (Å²) < 4.78 is 5.34. The van der Waals surface area contributed by atoms with E-state index in [0.29, 0.717) is 19.0 Å². The van der Waals surface area contributed by atoms with Crippen molar-refractivity contribution in [2.24, 2.45) is 0 Å². The summed E-state index contributed by atoms with van der Waals surface area (Å²) >= 11 is 0. The van der Waals surface area contributed by atoms with Gasteiger partial charge in [0.25, 0.3) is 0 Å². The molecule has 2 heterocycles. The number of rotatable bonds is 5. The molecule has 0 aliphatic rings. The Morgan fingerprint density at radius 2 is 2.11 bits per heavy atom. The summed E-state index contributed by atoms with van der Waals surface area (Å²) in [7, 11) is 0. The Hall–Kier alpha value is -2.17. The van der Waals surface area contributed by atoms with Gasteiger partial charge in [0.05, 0.1) is 18.8 Å². The molecule has 0 atom stereocenters. The van der Waals surface area contributed by atoms with Gasteiger partial charge in [-0.1, -0.05) is 6.07 Å². The maximum absolute atomic E-state index is 5.34. The Morgan fingerprint density at radius 1 is 1.22 bits per heavy atom. The predicted octanol–water partition coefficient (Wildman–Crippen LogP) is 2.19. The number of ether oxygens (including phenoxy) is 1. The van der Waals surface area contributed by atoms with Crippen LogP contribution in [0.4, 0.5) is 5.82 Å². The Balaban J connectivity index is 1.99. The fourth-order valence-electron chi connectivity index (χ4n) is 1.53. The van der Waals surface area contributed by atoms with Crippen molar-refractivity contribution in [2.45, 2.75) is 20.4 Å². The van der Waals surface area contributed by atoms with Crippen LogP contribution in [0.5, 0.6) is 5.88 Å². The summed E-state index contributed by atoms with van der Waals surface area (Å²) in [5.74, 6) is 2.17. The Bertz CT molecular complexity index is 516. The van der Waals surface area contributed by atoms with E-state index >= 15 is 0 Å². The monoisotopic (exact) mass is 244 g/mol. The lowest BCUT2D eigenvalue weighted by molar-refractivity contribution is 0.327. The van der Waals surface area contributed by atoms with Crippen molar-refractivity contribution in [2.75, 3.05) is 11.9 Å². The van der Waals surface area contributed by atoms with Crippen molar-refractivity contribution in [1.82, 2.24) is 15.0 Å². The van der Waals surface area contributed by atoms with Crippen LogP contribution in [0.15, 0.2) is 30.5 Å². The molecule has 0 spiro atoms. The van der Waals surface area contributed by atoms with E-state index in [-0.39, 0.29) is 0 Å². The van der Waals surface area contributed by atoms with Crippen LogP contribution in [0.25, 0.3) is 0 Å². The SMILES string of the molecule is CCOc1cccc(NCc2ccnc(C)n2)n1. The van der Waals surface area contributed by atoms with Crippen LogP contribution in [0, 0.1) is 6.92 Å². The van der Waals surface area contributed by atoms with E-state index in [1.165, 1.54) is 0 Å². The van der Waals surface area contributed by atoms with Crippen molar-refractivity contribution >= 4 is 5.82 Å². The number of nitrogens with one attached hydrogen (secondary N) is 1. The Labute approximate surface area is 106 Å². The normalized spacial score (nSPS) is 10.1. The summed E-state index contributed by atoms with van der Waals surface area (Å²) in [6.45, 7) is 5.04. The highest BCUT2D eigenvalue weighted by Crippen LogP contribution is 2.12. The standard InChI is InChI=1S/C13H16N4O/c1-3-18-13-6-4-5-12(17-13)15-9-11-7-8-14-10(2)16-11/h4-8H,3,9H2,1-2H3,(H,15,17). The van der Waals surface area contributed by atoms with Gasteiger partial charge in [0.2, 0.25) is 5.88 Å². The van der Waals surface area contributed by atoms with E-state index in [4.69, 9.17) is 4.74 Å². The molecular weight excluding hydrogens is 228 g/mol. The second-order valence-electron chi connectivity index (χ2n) is 3.74. The third-order valence-electron chi connectivity index (χ3n) is 2.30. The molecule has 0 saturated heterocycles. The highest BCUT2D eigenvalue weighted by atomic mass is 16.5. The lowest BCUT2D eigenvalue weighted by Crippen LogP contribution is -2.05. The van der Waals surface area contributed by atoms with E-state index < -0.39 is 0 Å². The first-order valence-corrected chi connectivity index (χ1v) is 5.90. The predicted molar refractivity (Wildman–Crippen MR) is 69.5 cm³/mol.